The number of rotatable bonds is 12. The number of aromatic amines is 1. The van der Waals surface area contributed by atoms with Crippen molar-refractivity contribution in [2.75, 3.05) is 25.6 Å². The highest BCUT2D eigenvalue weighted by Gasteiger charge is 2.22. The van der Waals surface area contributed by atoms with Crippen LogP contribution in [0.5, 0.6) is 17.2 Å². The number of carbonyl (C=O) groups excluding carboxylic acids is 1. The van der Waals surface area contributed by atoms with Gasteiger partial charge in [-0.15, -0.1) is 0 Å². The molecule has 2 aromatic carbocycles. The first-order valence-corrected chi connectivity index (χ1v) is 12.0. The number of methoxy groups -OCH3 is 1. The van der Waals surface area contributed by atoms with Crippen molar-refractivity contribution in [2.24, 2.45) is 0 Å². The summed E-state index contributed by atoms with van der Waals surface area (Å²) in [5.41, 5.74) is 2.91. The van der Waals surface area contributed by atoms with E-state index in [2.05, 4.69) is 29.4 Å². The Morgan fingerprint density at radius 3 is 2.26 bits per heavy atom. The van der Waals surface area contributed by atoms with Crippen molar-refractivity contribution >= 4 is 23.3 Å². The van der Waals surface area contributed by atoms with E-state index in [-0.39, 0.29) is 5.91 Å². The molecule has 0 aliphatic carbocycles. The summed E-state index contributed by atoms with van der Waals surface area (Å²) in [6.45, 7) is 6.81. The molecule has 34 heavy (non-hydrogen) atoms. The zero-order chi connectivity index (χ0) is 24.5. The molecule has 1 heterocycles. The topological polar surface area (TPSA) is 85.5 Å². The summed E-state index contributed by atoms with van der Waals surface area (Å²) >= 11 is 6.62. The lowest BCUT2D eigenvalue weighted by molar-refractivity contribution is -0.114. The average Bonchev–Trinajstić information content (AvgIpc) is 3.23. The number of ether oxygens (including phenoxy) is 3. The Morgan fingerprint density at radius 1 is 1.03 bits per heavy atom. The lowest BCUT2D eigenvalue weighted by Crippen LogP contribution is -2.07. The second kappa shape index (κ2) is 12.3. The molecule has 0 fully saturated rings. The van der Waals surface area contributed by atoms with Gasteiger partial charge >= 0.3 is 0 Å². The Kier molecular flexibility index (Phi) is 9.22. The van der Waals surface area contributed by atoms with E-state index in [1.54, 1.807) is 7.11 Å². The number of nitrogens with zero attached hydrogens (tertiary/aromatic N) is 1. The van der Waals surface area contributed by atoms with Crippen LogP contribution in [0.15, 0.2) is 36.4 Å². The van der Waals surface area contributed by atoms with Crippen LogP contribution >= 0.6 is 11.6 Å². The van der Waals surface area contributed by atoms with Gasteiger partial charge in [-0.1, -0.05) is 50.4 Å². The van der Waals surface area contributed by atoms with Crippen LogP contribution in [0.1, 0.15) is 46.5 Å². The number of benzene rings is 2. The minimum Gasteiger partial charge on any atom is -0.497 e. The Bertz CT molecular complexity index is 1100. The molecular weight excluding hydrogens is 454 g/mol. The number of anilines is 1. The number of carbonyl (C=O) groups is 1. The number of unbranched alkanes of at least 4 members (excludes halogenated alkanes) is 2. The summed E-state index contributed by atoms with van der Waals surface area (Å²) in [7, 11) is 1.62. The summed E-state index contributed by atoms with van der Waals surface area (Å²) in [4.78, 5) is 11.9. The van der Waals surface area contributed by atoms with Gasteiger partial charge in [-0.25, -0.2) is 0 Å². The number of hydrogen-bond donors (Lipinski definition) is 2. The highest BCUT2D eigenvalue weighted by atomic mass is 35.5. The normalized spacial score (nSPS) is 10.7. The number of H-pyrrole nitrogens is 1. The number of amides is 1. The second-order valence-corrected chi connectivity index (χ2v) is 8.32. The van der Waals surface area contributed by atoms with E-state index in [0.29, 0.717) is 46.8 Å². The average molecular weight is 486 g/mol. The van der Waals surface area contributed by atoms with Gasteiger partial charge in [0.1, 0.15) is 28.8 Å². The third kappa shape index (κ3) is 6.23. The van der Waals surface area contributed by atoms with Crippen molar-refractivity contribution < 1.29 is 19.0 Å². The molecule has 0 radical (unpaired) electrons. The highest BCUT2D eigenvalue weighted by Crippen LogP contribution is 2.44. The summed E-state index contributed by atoms with van der Waals surface area (Å²) in [6.07, 6.45) is 3.89. The summed E-state index contributed by atoms with van der Waals surface area (Å²) in [5, 5.41) is 10.8. The van der Waals surface area contributed by atoms with E-state index >= 15 is 0 Å². The molecule has 0 saturated carbocycles. The fourth-order valence-corrected chi connectivity index (χ4v) is 3.66. The number of halogens is 1. The maximum Gasteiger partial charge on any atom is 0.222 e. The predicted octanol–water partition coefficient (Wildman–Crippen LogP) is 6.72. The Labute approximate surface area is 205 Å². The zero-order valence-electron chi connectivity index (χ0n) is 20.2. The lowest BCUT2D eigenvalue weighted by Gasteiger charge is -2.16. The molecule has 3 aromatic rings. The number of nitrogens with one attached hydrogen (secondary N) is 2. The first-order valence-electron chi connectivity index (χ1n) is 11.6. The van der Waals surface area contributed by atoms with E-state index in [4.69, 9.17) is 25.8 Å². The van der Waals surface area contributed by atoms with Crippen LogP contribution in [0.4, 0.5) is 5.82 Å². The van der Waals surface area contributed by atoms with E-state index < -0.39 is 0 Å². The van der Waals surface area contributed by atoms with E-state index in [1.807, 2.05) is 36.4 Å². The molecule has 182 valence electrons. The van der Waals surface area contributed by atoms with Crippen LogP contribution < -0.4 is 19.5 Å². The van der Waals surface area contributed by atoms with Crippen LogP contribution in [-0.2, 0) is 4.79 Å². The van der Waals surface area contributed by atoms with E-state index in [9.17, 15) is 4.79 Å². The Hall–Kier alpha value is -3.19. The monoisotopic (exact) mass is 485 g/mol. The van der Waals surface area contributed by atoms with E-state index in [1.165, 1.54) is 6.92 Å². The molecule has 0 aliphatic heterocycles. The van der Waals surface area contributed by atoms with Crippen LogP contribution in [0.25, 0.3) is 22.4 Å². The van der Waals surface area contributed by atoms with Crippen molar-refractivity contribution in [3.63, 3.8) is 0 Å². The van der Waals surface area contributed by atoms with Gasteiger partial charge < -0.3 is 19.5 Å². The molecule has 0 bridgehead atoms. The Balaban J connectivity index is 2.13. The van der Waals surface area contributed by atoms with Gasteiger partial charge in [0, 0.05) is 18.6 Å². The quantitative estimate of drug-likeness (QED) is 0.278. The first kappa shape index (κ1) is 25.4. The fourth-order valence-electron chi connectivity index (χ4n) is 3.44. The largest absolute Gasteiger partial charge is 0.497 e. The molecule has 0 unspecified atom stereocenters. The highest BCUT2D eigenvalue weighted by molar-refractivity contribution is 6.32. The molecule has 0 spiro atoms. The summed E-state index contributed by atoms with van der Waals surface area (Å²) in [5.74, 6) is 2.22. The summed E-state index contributed by atoms with van der Waals surface area (Å²) in [6, 6.07) is 11.2. The number of hydrogen-bond acceptors (Lipinski definition) is 5. The molecule has 7 nitrogen and oxygen atoms in total. The number of aromatic nitrogens is 2. The first-order chi connectivity index (χ1) is 16.5. The molecule has 1 amide bonds. The molecule has 2 N–H and O–H groups in total. The molecule has 1 aromatic heterocycles. The maximum atomic E-state index is 11.9. The maximum absolute atomic E-state index is 11.9. The van der Waals surface area contributed by atoms with Crippen LogP contribution in [-0.4, -0.2) is 36.4 Å². The predicted molar refractivity (Wildman–Crippen MR) is 136 cm³/mol. The van der Waals surface area contributed by atoms with E-state index in [0.717, 1.165) is 42.6 Å². The lowest BCUT2D eigenvalue weighted by atomic mass is 9.99. The molecule has 0 atom stereocenters. The molecular formula is C26H32ClN3O4. The SMILES string of the molecule is CCCCOc1cc(OCCCC)c(-c2n[nH]c(NC(C)=O)c2-c2ccc(OC)cc2)cc1Cl. The van der Waals surface area contributed by atoms with Crippen molar-refractivity contribution in [2.45, 2.75) is 46.5 Å². The van der Waals surface area contributed by atoms with Gasteiger partial charge in [0.25, 0.3) is 0 Å². The molecule has 8 heteroatoms. The standard InChI is InChI=1S/C26H32ClN3O4/c1-5-7-13-33-22-16-23(34-14-8-6-2)21(27)15-20(22)25-24(26(30-29-25)28-17(3)31)18-9-11-19(32-4)12-10-18/h9-12,15-16H,5-8,13-14H2,1-4H3,(H2,28,29,30,31). The molecule has 3 rings (SSSR count). The summed E-state index contributed by atoms with van der Waals surface area (Å²) < 4.78 is 17.3. The van der Waals surface area contributed by atoms with Gasteiger partial charge in [-0.05, 0) is 36.6 Å². The van der Waals surface area contributed by atoms with Gasteiger partial charge in [-0.2, -0.15) is 5.10 Å². The van der Waals surface area contributed by atoms with Gasteiger partial charge in [0.15, 0.2) is 0 Å². The smallest absolute Gasteiger partial charge is 0.222 e. The van der Waals surface area contributed by atoms with Crippen LogP contribution in [0, 0.1) is 0 Å². The fraction of sp³-hybridized carbons (Fsp3) is 0.385. The molecule has 0 aliphatic rings. The van der Waals surface area contributed by atoms with Crippen molar-refractivity contribution in [1.82, 2.24) is 10.2 Å². The minimum atomic E-state index is -0.206. The van der Waals surface area contributed by atoms with Crippen LogP contribution in [0.2, 0.25) is 5.02 Å². The Morgan fingerprint density at radius 2 is 1.68 bits per heavy atom. The van der Waals surface area contributed by atoms with Crippen molar-refractivity contribution in [3.8, 4) is 39.6 Å². The molecule has 0 saturated heterocycles. The minimum absolute atomic E-state index is 0.206. The third-order valence-corrected chi connectivity index (χ3v) is 5.54. The van der Waals surface area contributed by atoms with Gasteiger partial charge in [0.2, 0.25) is 5.91 Å². The van der Waals surface area contributed by atoms with Crippen LogP contribution in [0.3, 0.4) is 0 Å². The third-order valence-electron chi connectivity index (χ3n) is 5.25. The van der Waals surface area contributed by atoms with Gasteiger partial charge in [0.05, 0.1) is 30.9 Å². The van der Waals surface area contributed by atoms with Crippen molar-refractivity contribution in [1.29, 1.82) is 0 Å². The second-order valence-electron chi connectivity index (χ2n) is 7.91. The van der Waals surface area contributed by atoms with Gasteiger partial charge in [-0.3, -0.25) is 9.89 Å². The van der Waals surface area contributed by atoms with Crippen molar-refractivity contribution in [3.05, 3.63) is 41.4 Å². The zero-order valence-corrected chi connectivity index (χ0v) is 20.9.